The molecule has 1 unspecified atom stereocenters. The first-order valence-electron chi connectivity index (χ1n) is 3.27. The normalized spacial score (nSPS) is 36.2. The Hall–Kier alpha value is -0.300. The molecule has 0 aliphatic heterocycles. The fourth-order valence-electron chi connectivity index (χ4n) is 1.11. The Kier molecular flexibility index (Phi) is 1.69. The smallest absolute Gasteiger partial charge is 0.0229 e. The van der Waals surface area contributed by atoms with Gasteiger partial charge in [0.2, 0.25) is 0 Å². The van der Waals surface area contributed by atoms with E-state index < -0.39 is 0 Å². The molecule has 0 aromatic rings. The summed E-state index contributed by atoms with van der Waals surface area (Å²) in [7, 11) is 0. The maximum atomic E-state index is 5.61. The van der Waals surface area contributed by atoms with E-state index in [1.165, 1.54) is 6.42 Å². The molecule has 46 valence electrons. The molecule has 1 aliphatic rings. The topological polar surface area (TPSA) is 26.0 Å². The van der Waals surface area contributed by atoms with Crippen molar-refractivity contribution in [2.75, 3.05) is 0 Å². The zero-order valence-corrected chi connectivity index (χ0v) is 5.30. The van der Waals surface area contributed by atoms with E-state index in [0.717, 1.165) is 12.3 Å². The lowest BCUT2D eigenvalue weighted by molar-refractivity contribution is 0.575. The van der Waals surface area contributed by atoms with Gasteiger partial charge in [0, 0.05) is 6.04 Å². The third kappa shape index (κ3) is 1.10. The minimum absolute atomic E-state index is 0.347. The summed E-state index contributed by atoms with van der Waals surface area (Å²) in [4.78, 5) is 0. The molecule has 0 heterocycles. The number of allylic oxidation sites excluding steroid dienone is 1. The van der Waals surface area contributed by atoms with Gasteiger partial charge in [-0.1, -0.05) is 19.1 Å². The van der Waals surface area contributed by atoms with Crippen molar-refractivity contribution in [2.45, 2.75) is 25.8 Å². The minimum atomic E-state index is 0.347. The number of hydrogen-bond acceptors (Lipinski definition) is 1. The zero-order chi connectivity index (χ0) is 5.98. The Morgan fingerprint density at radius 3 is 2.62 bits per heavy atom. The fourth-order valence-corrected chi connectivity index (χ4v) is 1.11. The zero-order valence-electron chi connectivity index (χ0n) is 5.30. The van der Waals surface area contributed by atoms with Crippen molar-refractivity contribution in [3.05, 3.63) is 12.2 Å². The third-order valence-electron chi connectivity index (χ3n) is 1.73. The van der Waals surface area contributed by atoms with Gasteiger partial charge >= 0.3 is 0 Å². The molecule has 0 bridgehead atoms. The van der Waals surface area contributed by atoms with Crippen molar-refractivity contribution in [1.29, 1.82) is 0 Å². The first-order valence-corrected chi connectivity index (χ1v) is 3.27. The van der Waals surface area contributed by atoms with Crippen LogP contribution >= 0.6 is 0 Å². The Morgan fingerprint density at radius 2 is 2.38 bits per heavy atom. The van der Waals surface area contributed by atoms with E-state index in [1.54, 1.807) is 0 Å². The van der Waals surface area contributed by atoms with E-state index in [1.807, 2.05) is 0 Å². The van der Waals surface area contributed by atoms with Crippen LogP contribution in [0.4, 0.5) is 0 Å². The first-order chi connectivity index (χ1) is 3.83. The van der Waals surface area contributed by atoms with Crippen molar-refractivity contribution < 1.29 is 0 Å². The van der Waals surface area contributed by atoms with Gasteiger partial charge in [0.15, 0.2) is 0 Å². The van der Waals surface area contributed by atoms with Crippen LogP contribution in [-0.2, 0) is 0 Å². The average Bonchev–Trinajstić information content (AvgIpc) is 2.14. The highest BCUT2D eigenvalue weighted by Crippen LogP contribution is 2.18. The van der Waals surface area contributed by atoms with Crippen LogP contribution in [0.5, 0.6) is 0 Å². The van der Waals surface area contributed by atoms with Crippen molar-refractivity contribution in [3.8, 4) is 0 Å². The molecule has 2 N–H and O–H groups in total. The summed E-state index contributed by atoms with van der Waals surface area (Å²) in [6.07, 6.45) is 6.74. The predicted octanol–water partition coefficient (Wildman–Crippen LogP) is 1.30. The summed E-state index contributed by atoms with van der Waals surface area (Å²) in [5.41, 5.74) is 5.61. The predicted molar refractivity (Wildman–Crippen MR) is 35.5 cm³/mol. The van der Waals surface area contributed by atoms with Crippen LogP contribution in [-0.4, -0.2) is 6.04 Å². The molecule has 0 saturated heterocycles. The van der Waals surface area contributed by atoms with Gasteiger partial charge in [-0.25, -0.2) is 0 Å². The van der Waals surface area contributed by atoms with E-state index in [9.17, 15) is 0 Å². The summed E-state index contributed by atoms with van der Waals surface area (Å²) in [6.45, 7) is 2.20. The fraction of sp³-hybridized carbons (Fsp3) is 0.714. The Labute approximate surface area is 50.6 Å². The van der Waals surface area contributed by atoms with E-state index in [0.29, 0.717) is 6.04 Å². The second-order valence-corrected chi connectivity index (χ2v) is 2.45. The van der Waals surface area contributed by atoms with Crippen molar-refractivity contribution in [2.24, 2.45) is 11.7 Å². The number of hydrogen-bond donors (Lipinski definition) is 1. The standard InChI is InChI=1S/C7H13N/c1-2-6-3-4-7(8)5-6/h3-4,6-7H,2,5,8H2,1H3/t6?,7-/m0/s1. The molecule has 2 atom stereocenters. The van der Waals surface area contributed by atoms with Gasteiger partial charge in [-0.3, -0.25) is 0 Å². The van der Waals surface area contributed by atoms with Crippen LogP contribution in [0.3, 0.4) is 0 Å². The number of rotatable bonds is 1. The Morgan fingerprint density at radius 1 is 1.62 bits per heavy atom. The van der Waals surface area contributed by atoms with Gasteiger partial charge in [-0.15, -0.1) is 0 Å². The van der Waals surface area contributed by atoms with Crippen LogP contribution in [0.1, 0.15) is 19.8 Å². The first kappa shape index (κ1) is 5.83. The molecule has 1 rings (SSSR count). The molecule has 0 aromatic heterocycles. The second kappa shape index (κ2) is 2.31. The number of nitrogens with two attached hydrogens (primary N) is 1. The maximum Gasteiger partial charge on any atom is 0.0229 e. The molecular weight excluding hydrogens is 98.1 g/mol. The molecule has 8 heavy (non-hydrogen) atoms. The molecule has 0 amide bonds. The molecule has 1 heteroatoms. The van der Waals surface area contributed by atoms with Gasteiger partial charge in [0.05, 0.1) is 0 Å². The third-order valence-corrected chi connectivity index (χ3v) is 1.73. The maximum absolute atomic E-state index is 5.61. The van der Waals surface area contributed by atoms with E-state index >= 15 is 0 Å². The second-order valence-electron chi connectivity index (χ2n) is 2.45. The Bertz CT molecular complexity index is 96.6. The lowest BCUT2D eigenvalue weighted by atomic mass is 10.1. The minimum Gasteiger partial charge on any atom is -0.324 e. The van der Waals surface area contributed by atoms with Gasteiger partial charge in [-0.2, -0.15) is 0 Å². The van der Waals surface area contributed by atoms with Crippen LogP contribution in [0.15, 0.2) is 12.2 Å². The summed E-state index contributed by atoms with van der Waals surface area (Å²) in [6, 6.07) is 0.347. The van der Waals surface area contributed by atoms with Gasteiger partial charge in [-0.05, 0) is 18.8 Å². The van der Waals surface area contributed by atoms with Crippen molar-refractivity contribution in [1.82, 2.24) is 0 Å². The largest absolute Gasteiger partial charge is 0.324 e. The van der Waals surface area contributed by atoms with Crippen LogP contribution in [0, 0.1) is 5.92 Å². The summed E-state index contributed by atoms with van der Waals surface area (Å²) < 4.78 is 0. The molecule has 0 aromatic carbocycles. The van der Waals surface area contributed by atoms with Gasteiger partial charge < -0.3 is 5.73 Å². The summed E-state index contributed by atoms with van der Waals surface area (Å²) >= 11 is 0. The molecule has 1 nitrogen and oxygen atoms in total. The molecule has 1 aliphatic carbocycles. The molecule has 0 spiro atoms. The Balaban J connectivity index is 2.34. The van der Waals surface area contributed by atoms with E-state index in [4.69, 9.17) is 5.73 Å². The van der Waals surface area contributed by atoms with Crippen LogP contribution < -0.4 is 5.73 Å². The molecular formula is C7H13N. The SMILES string of the molecule is CCC1C=C[C@H](N)C1. The monoisotopic (exact) mass is 111 g/mol. The highest BCUT2D eigenvalue weighted by atomic mass is 14.6. The van der Waals surface area contributed by atoms with Crippen molar-refractivity contribution in [3.63, 3.8) is 0 Å². The highest BCUT2D eigenvalue weighted by Gasteiger charge is 2.12. The summed E-state index contributed by atoms with van der Waals surface area (Å²) in [5, 5.41) is 0. The summed E-state index contributed by atoms with van der Waals surface area (Å²) in [5.74, 6) is 0.769. The average molecular weight is 111 g/mol. The van der Waals surface area contributed by atoms with E-state index in [-0.39, 0.29) is 0 Å². The van der Waals surface area contributed by atoms with Crippen LogP contribution in [0.25, 0.3) is 0 Å². The van der Waals surface area contributed by atoms with Gasteiger partial charge in [0.1, 0.15) is 0 Å². The quantitative estimate of drug-likeness (QED) is 0.507. The highest BCUT2D eigenvalue weighted by molar-refractivity contribution is 5.03. The van der Waals surface area contributed by atoms with Gasteiger partial charge in [0.25, 0.3) is 0 Å². The lowest BCUT2D eigenvalue weighted by Crippen LogP contribution is -2.14. The molecule has 0 fully saturated rings. The van der Waals surface area contributed by atoms with Crippen molar-refractivity contribution >= 4 is 0 Å². The van der Waals surface area contributed by atoms with E-state index in [2.05, 4.69) is 19.1 Å². The molecule has 0 radical (unpaired) electrons. The molecule has 0 saturated carbocycles. The lowest BCUT2D eigenvalue weighted by Gasteiger charge is -2.02. The van der Waals surface area contributed by atoms with Crippen LogP contribution in [0.2, 0.25) is 0 Å².